The number of hydrogen-bond acceptors (Lipinski definition) is 8. The molecule has 0 fully saturated rings. The standard InChI is InChI=1S/C28H31N5O7S/c1-19-27(28(34)32(31(19)3)21-9-7-6-8-10-21)29-41(37,38)22-12-13-23(24(18-22)33(35)36)30(2)16-15-20-11-14-25(39-4)26(17-20)40-5/h6-14,17-18,29H,15-16H2,1-5H3. The normalized spacial score (nSPS) is 11.2. The summed E-state index contributed by atoms with van der Waals surface area (Å²) in [6.45, 7) is 2.01. The number of sulfonamides is 1. The molecule has 1 aromatic heterocycles. The topological polar surface area (TPSA) is 138 Å². The second-order valence-electron chi connectivity index (χ2n) is 9.31. The van der Waals surface area contributed by atoms with E-state index in [2.05, 4.69) is 4.72 Å². The number of anilines is 2. The van der Waals surface area contributed by atoms with Gasteiger partial charge in [0, 0.05) is 26.7 Å². The van der Waals surface area contributed by atoms with Crippen LogP contribution in [0, 0.1) is 17.0 Å². The summed E-state index contributed by atoms with van der Waals surface area (Å²) in [5.41, 5.74) is 1.02. The van der Waals surface area contributed by atoms with E-state index in [1.165, 1.54) is 21.5 Å². The summed E-state index contributed by atoms with van der Waals surface area (Å²) in [5.74, 6) is 1.17. The molecule has 4 aromatic rings. The van der Waals surface area contributed by atoms with Gasteiger partial charge in [0.05, 0.1) is 35.4 Å². The van der Waals surface area contributed by atoms with Gasteiger partial charge in [-0.15, -0.1) is 0 Å². The molecule has 0 amide bonds. The van der Waals surface area contributed by atoms with Crippen LogP contribution in [0.4, 0.5) is 17.1 Å². The molecule has 0 aliphatic rings. The second-order valence-corrected chi connectivity index (χ2v) is 11.0. The first-order chi connectivity index (χ1) is 19.5. The highest BCUT2D eigenvalue weighted by atomic mass is 32.2. The van der Waals surface area contributed by atoms with Crippen molar-refractivity contribution in [3.05, 3.63) is 98.5 Å². The lowest BCUT2D eigenvalue weighted by Gasteiger charge is -2.20. The Kier molecular flexibility index (Phi) is 8.38. The molecule has 1 N–H and O–H groups in total. The van der Waals surface area contributed by atoms with Crippen molar-refractivity contribution < 1.29 is 22.8 Å². The summed E-state index contributed by atoms with van der Waals surface area (Å²) in [6.07, 6.45) is 0.538. The Morgan fingerprint density at radius 2 is 1.68 bits per heavy atom. The number of benzene rings is 3. The predicted molar refractivity (Wildman–Crippen MR) is 156 cm³/mol. The number of hydrogen-bond donors (Lipinski definition) is 1. The summed E-state index contributed by atoms with van der Waals surface area (Å²) >= 11 is 0. The fraction of sp³-hybridized carbons (Fsp3) is 0.250. The SMILES string of the molecule is COc1ccc(CCN(C)c2ccc(S(=O)(=O)Nc3c(C)n(C)n(-c4ccccc4)c3=O)cc2[N+](=O)[O-])cc1OC. The van der Waals surface area contributed by atoms with Crippen molar-refractivity contribution in [1.29, 1.82) is 0 Å². The van der Waals surface area contributed by atoms with Crippen LogP contribution in [0.1, 0.15) is 11.3 Å². The van der Waals surface area contributed by atoms with Crippen molar-refractivity contribution >= 4 is 27.1 Å². The molecule has 3 aromatic carbocycles. The lowest BCUT2D eigenvalue weighted by molar-refractivity contribution is -0.384. The fourth-order valence-electron chi connectivity index (χ4n) is 4.47. The van der Waals surface area contributed by atoms with E-state index in [-0.39, 0.29) is 22.0 Å². The maximum absolute atomic E-state index is 13.3. The van der Waals surface area contributed by atoms with E-state index in [9.17, 15) is 23.3 Å². The van der Waals surface area contributed by atoms with Gasteiger partial charge < -0.3 is 14.4 Å². The highest BCUT2D eigenvalue weighted by Crippen LogP contribution is 2.32. The molecule has 41 heavy (non-hydrogen) atoms. The number of likely N-dealkylation sites (N-methyl/N-ethyl adjacent to an activating group) is 1. The molecule has 0 aliphatic carbocycles. The lowest BCUT2D eigenvalue weighted by Crippen LogP contribution is -2.24. The molecule has 0 atom stereocenters. The number of nitro groups is 1. The Labute approximate surface area is 237 Å². The van der Waals surface area contributed by atoms with Crippen molar-refractivity contribution in [2.24, 2.45) is 7.05 Å². The van der Waals surface area contributed by atoms with Crippen LogP contribution < -0.4 is 24.7 Å². The van der Waals surface area contributed by atoms with Crippen LogP contribution in [-0.4, -0.2) is 50.5 Å². The average molecular weight is 582 g/mol. The second kappa shape index (κ2) is 11.8. The minimum Gasteiger partial charge on any atom is -0.493 e. The Hall–Kier alpha value is -4.78. The molecular weight excluding hydrogens is 550 g/mol. The Bertz CT molecular complexity index is 1750. The van der Waals surface area contributed by atoms with Gasteiger partial charge in [-0.3, -0.25) is 24.3 Å². The maximum Gasteiger partial charge on any atom is 0.296 e. The first kappa shape index (κ1) is 29.2. The number of aromatic nitrogens is 2. The van der Waals surface area contributed by atoms with Gasteiger partial charge in [0.2, 0.25) is 0 Å². The minimum absolute atomic E-state index is 0.143. The summed E-state index contributed by atoms with van der Waals surface area (Å²) in [4.78, 5) is 25.9. The van der Waals surface area contributed by atoms with E-state index in [4.69, 9.17) is 9.47 Å². The molecule has 1 heterocycles. The van der Waals surface area contributed by atoms with Gasteiger partial charge >= 0.3 is 0 Å². The van der Waals surface area contributed by atoms with Crippen LogP contribution in [0.25, 0.3) is 5.69 Å². The summed E-state index contributed by atoms with van der Waals surface area (Å²) in [6, 6.07) is 17.9. The summed E-state index contributed by atoms with van der Waals surface area (Å²) in [7, 11) is 2.08. The summed E-state index contributed by atoms with van der Waals surface area (Å²) in [5, 5.41) is 12.0. The molecule has 12 nitrogen and oxygen atoms in total. The van der Waals surface area contributed by atoms with Crippen molar-refractivity contribution in [3.8, 4) is 17.2 Å². The van der Waals surface area contributed by atoms with Crippen LogP contribution in [0.5, 0.6) is 11.5 Å². The molecule has 0 saturated carbocycles. The van der Waals surface area contributed by atoms with Crippen molar-refractivity contribution in [2.75, 3.05) is 37.4 Å². The monoisotopic (exact) mass is 581 g/mol. The van der Waals surface area contributed by atoms with Gasteiger partial charge in [0.1, 0.15) is 11.4 Å². The Balaban J connectivity index is 1.60. The molecule has 0 bridgehead atoms. The van der Waals surface area contributed by atoms with E-state index < -0.39 is 20.5 Å². The number of para-hydroxylation sites is 1. The molecule has 0 spiro atoms. The van der Waals surface area contributed by atoms with Gasteiger partial charge in [-0.05, 0) is 55.3 Å². The fourth-order valence-corrected chi connectivity index (χ4v) is 5.61. The lowest BCUT2D eigenvalue weighted by atomic mass is 10.1. The van der Waals surface area contributed by atoms with E-state index >= 15 is 0 Å². The van der Waals surface area contributed by atoms with Gasteiger partial charge in [-0.2, -0.15) is 0 Å². The molecule has 0 unspecified atom stereocenters. The van der Waals surface area contributed by atoms with Gasteiger partial charge in [-0.1, -0.05) is 24.3 Å². The number of nitrogens with one attached hydrogen (secondary N) is 1. The molecule has 0 aliphatic heterocycles. The largest absolute Gasteiger partial charge is 0.493 e. The van der Waals surface area contributed by atoms with Crippen LogP contribution >= 0.6 is 0 Å². The smallest absolute Gasteiger partial charge is 0.296 e. The van der Waals surface area contributed by atoms with Gasteiger partial charge in [0.25, 0.3) is 21.3 Å². The van der Waals surface area contributed by atoms with Crippen molar-refractivity contribution in [2.45, 2.75) is 18.2 Å². The minimum atomic E-state index is -4.34. The number of nitrogens with zero attached hydrogens (tertiary/aromatic N) is 4. The zero-order valence-electron chi connectivity index (χ0n) is 23.3. The van der Waals surface area contributed by atoms with Crippen molar-refractivity contribution in [1.82, 2.24) is 9.36 Å². The van der Waals surface area contributed by atoms with E-state index in [1.807, 2.05) is 12.1 Å². The Morgan fingerprint density at radius 1 is 1.00 bits per heavy atom. The average Bonchev–Trinajstić information content (AvgIpc) is 3.18. The predicted octanol–water partition coefficient (Wildman–Crippen LogP) is 3.89. The highest BCUT2D eigenvalue weighted by molar-refractivity contribution is 7.92. The van der Waals surface area contributed by atoms with Gasteiger partial charge in [-0.25, -0.2) is 13.1 Å². The Morgan fingerprint density at radius 3 is 2.32 bits per heavy atom. The maximum atomic E-state index is 13.3. The molecule has 216 valence electrons. The van der Waals surface area contributed by atoms with Crippen LogP contribution in [-0.2, 0) is 23.5 Å². The zero-order chi connectivity index (χ0) is 29.9. The zero-order valence-corrected chi connectivity index (χ0v) is 24.1. The molecule has 13 heteroatoms. The van der Waals surface area contributed by atoms with Crippen molar-refractivity contribution in [3.63, 3.8) is 0 Å². The van der Waals surface area contributed by atoms with Gasteiger partial charge in [0.15, 0.2) is 11.5 Å². The third-order valence-corrected chi connectivity index (χ3v) is 8.19. The highest BCUT2D eigenvalue weighted by Gasteiger charge is 2.26. The van der Waals surface area contributed by atoms with Crippen LogP contribution in [0.2, 0.25) is 0 Å². The first-order valence-electron chi connectivity index (χ1n) is 12.6. The van der Waals surface area contributed by atoms with E-state index in [0.29, 0.717) is 35.8 Å². The van der Waals surface area contributed by atoms with Crippen LogP contribution in [0.3, 0.4) is 0 Å². The molecule has 0 saturated heterocycles. The number of ether oxygens (including phenoxy) is 2. The van der Waals surface area contributed by atoms with E-state index in [0.717, 1.165) is 11.6 Å². The van der Waals surface area contributed by atoms with E-state index in [1.54, 1.807) is 76.5 Å². The molecular formula is C28H31N5O7S. The number of nitro benzene ring substituents is 1. The number of methoxy groups -OCH3 is 2. The van der Waals surface area contributed by atoms with Crippen LogP contribution in [0.15, 0.2) is 76.4 Å². The molecule has 0 radical (unpaired) electrons. The first-order valence-corrected chi connectivity index (χ1v) is 14.0. The molecule has 4 rings (SSSR count). The quantitative estimate of drug-likeness (QED) is 0.208. The third kappa shape index (κ3) is 5.89. The third-order valence-electron chi connectivity index (χ3n) is 6.84. The summed E-state index contributed by atoms with van der Waals surface area (Å²) < 4.78 is 42.4. The number of rotatable bonds is 11.